The van der Waals surface area contributed by atoms with Crippen molar-refractivity contribution in [1.82, 2.24) is 9.97 Å². The second kappa shape index (κ2) is 7.40. The van der Waals surface area contributed by atoms with Gasteiger partial charge in [-0.05, 0) is 44.4 Å². The Morgan fingerprint density at radius 2 is 2.04 bits per heavy atom. The SMILES string of the molecule is Cc1sc2ncnc(N3CCCCC3)c2c1C(=O)Nc1ccc(Cl)cc1F. The van der Waals surface area contributed by atoms with Gasteiger partial charge < -0.3 is 10.2 Å². The van der Waals surface area contributed by atoms with Crippen LogP contribution in [-0.2, 0) is 0 Å². The van der Waals surface area contributed by atoms with E-state index in [1.54, 1.807) is 12.4 Å². The molecule has 0 radical (unpaired) electrons. The Bertz CT molecular complexity index is 1020. The van der Waals surface area contributed by atoms with Crippen molar-refractivity contribution in [3.8, 4) is 0 Å². The fourth-order valence-electron chi connectivity index (χ4n) is 3.42. The van der Waals surface area contributed by atoms with Crippen LogP contribution in [0.25, 0.3) is 10.2 Å². The second-order valence-electron chi connectivity index (χ2n) is 6.54. The molecule has 1 aliphatic heterocycles. The quantitative estimate of drug-likeness (QED) is 0.664. The number of rotatable bonds is 3. The molecule has 3 aromatic rings. The molecule has 27 heavy (non-hydrogen) atoms. The van der Waals surface area contributed by atoms with Gasteiger partial charge in [-0.15, -0.1) is 11.3 Å². The number of benzene rings is 1. The van der Waals surface area contributed by atoms with E-state index in [1.807, 2.05) is 6.92 Å². The van der Waals surface area contributed by atoms with Gasteiger partial charge >= 0.3 is 0 Å². The second-order valence-corrected chi connectivity index (χ2v) is 8.18. The van der Waals surface area contributed by atoms with Crippen LogP contribution in [0.3, 0.4) is 0 Å². The minimum absolute atomic E-state index is 0.0968. The number of anilines is 2. The molecule has 3 heterocycles. The van der Waals surface area contributed by atoms with Crippen molar-refractivity contribution in [1.29, 1.82) is 0 Å². The molecule has 1 N–H and O–H groups in total. The number of aryl methyl sites for hydroxylation is 1. The van der Waals surface area contributed by atoms with Gasteiger partial charge in [0.2, 0.25) is 0 Å². The molecule has 0 bridgehead atoms. The highest BCUT2D eigenvalue weighted by molar-refractivity contribution is 7.19. The molecule has 0 aliphatic carbocycles. The van der Waals surface area contributed by atoms with Crippen LogP contribution in [0.4, 0.5) is 15.9 Å². The van der Waals surface area contributed by atoms with Crippen LogP contribution in [0, 0.1) is 12.7 Å². The summed E-state index contributed by atoms with van der Waals surface area (Å²) in [6.07, 6.45) is 4.96. The summed E-state index contributed by atoms with van der Waals surface area (Å²) in [6.45, 7) is 3.70. The highest BCUT2D eigenvalue weighted by Crippen LogP contribution is 2.36. The summed E-state index contributed by atoms with van der Waals surface area (Å²) in [5, 5.41) is 3.69. The number of hydrogen-bond acceptors (Lipinski definition) is 5. The Labute approximate surface area is 165 Å². The summed E-state index contributed by atoms with van der Waals surface area (Å²) < 4.78 is 14.1. The summed E-state index contributed by atoms with van der Waals surface area (Å²) in [5.41, 5.74) is 0.602. The first-order valence-electron chi connectivity index (χ1n) is 8.80. The van der Waals surface area contributed by atoms with Gasteiger partial charge in [-0.25, -0.2) is 14.4 Å². The standard InChI is InChI=1S/C19H18ClFN4OS/c1-11-15(18(26)24-14-6-5-12(20)9-13(14)21)16-17(22-10-23-19(16)27-11)25-7-3-2-4-8-25/h5-6,9-10H,2-4,7-8H2,1H3,(H,24,26). The van der Waals surface area contributed by atoms with E-state index in [2.05, 4.69) is 20.2 Å². The smallest absolute Gasteiger partial charge is 0.257 e. The lowest BCUT2D eigenvalue weighted by atomic mass is 10.1. The van der Waals surface area contributed by atoms with Gasteiger partial charge in [0.1, 0.15) is 22.8 Å². The fraction of sp³-hybridized carbons (Fsp3) is 0.316. The van der Waals surface area contributed by atoms with Crippen LogP contribution in [0.15, 0.2) is 24.5 Å². The topological polar surface area (TPSA) is 58.1 Å². The van der Waals surface area contributed by atoms with E-state index in [-0.39, 0.29) is 16.6 Å². The molecule has 1 aromatic carbocycles. The third-order valence-electron chi connectivity index (χ3n) is 4.71. The summed E-state index contributed by atoms with van der Waals surface area (Å²) in [5.74, 6) is -0.153. The molecule has 4 rings (SSSR count). The van der Waals surface area contributed by atoms with Gasteiger partial charge in [0.15, 0.2) is 0 Å². The number of carbonyl (C=O) groups is 1. The lowest BCUT2D eigenvalue weighted by Crippen LogP contribution is -2.30. The zero-order valence-electron chi connectivity index (χ0n) is 14.8. The van der Waals surface area contributed by atoms with E-state index in [4.69, 9.17) is 11.6 Å². The van der Waals surface area contributed by atoms with Gasteiger partial charge in [0.05, 0.1) is 16.6 Å². The van der Waals surface area contributed by atoms with Crippen molar-refractivity contribution in [2.75, 3.05) is 23.3 Å². The van der Waals surface area contributed by atoms with Crippen molar-refractivity contribution in [3.05, 3.63) is 45.8 Å². The molecule has 1 aliphatic rings. The van der Waals surface area contributed by atoms with Gasteiger partial charge in [0.25, 0.3) is 5.91 Å². The number of hydrogen-bond donors (Lipinski definition) is 1. The molecular formula is C19H18ClFN4OS. The molecule has 0 saturated carbocycles. The monoisotopic (exact) mass is 404 g/mol. The maximum Gasteiger partial charge on any atom is 0.257 e. The Morgan fingerprint density at radius 1 is 1.26 bits per heavy atom. The van der Waals surface area contributed by atoms with Crippen molar-refractivity contribution in [2.24, 2.45) is 0 Å². The molecule has 1 saturated heterocycles. The Kier molecular flexibility index (Phi) is 4.97. The van der Waals surface area contributed by atoms with Crippen LogP contribution in [-0.4, -0.2) is 29.0 Å². The summed E-state index contributed by atoms with van der Waals surface area (Å²) >= 11 is 7.24. The molecule has 0 unspecified atom stereocenters. The third kappa shape index (κ3) is 3.49. The van der Waals surface area contributed by atoms with Crippen molar-refractivity contribution in [2.45, 2.75) is 26.2 Å². The first kappa shape index (κ1) is 18.1. The number of carbonyl (C=O) groups excluding carboxylic acids is 1. The van der Waals surface area contributed by atoms with Crippen LogP contribution in [0.5, 0.6) is 0 Å². The zero-order valence-corrected chi connectivity index (χ0v) is 16.3. The number of nitrogens with one attached hydrogen (secondary N) is 1. The molecule has 0 spiro atoms. The number of fused-ring (bicyclic) bond motifs is 1. The molecule has 140 valence electrons. The molecule has 5 nitrogen and oxygen atoms in total. The minimum Gasteiger partial charge on any atom is -0.356 e. The average molecular weight is 405 g/mol. The first-order valence-corrected chi connectivity index (χ1v) is 9.99. The average Bonchev–Trinajstić information content (AvgIpc) is 3.00. The van der Waals surface area contributed by atoms with Gasteiger partial charge in [-0.3, -0.25) is 4.79 Å². The molecule has 1 amide bonds. The molecule has 1 fully saturated rings. The van der Waals surface area contributed by atoms with Gasteiger partial charge in [-0.2, -0.15) is 0 Å². The van der Waals surface area contributed by atoms with Crippen molar-refractivity contribution < 1.29 is 9.18 Å². The van der Waals surface area contributed by atoms with Crippen LogP contribution in [0.2, 0.25) is 5.02 Å². The van der Waals surface area contributed by atoms with E-state index in [0.717, 1.165) is 46.8 Å². The first-order chi connectivity index (χ1) is 13.0. The predicted molar refractivity (Wildman–Crippen MR) is 108 cm³/mol. The van der Waals surface area contributed by atoms with E-state index in [0.29, 0.717) is 5.56 Å². The van der Waals surface area contributed by atoms with Crippen molar-refractivity contribution in [3.63, 3.8) is 0 Å². The van der Waals surface area contributed by atoms with Gasteiger partial charge in [-0.1, -0.05) is 11.6 Å². The molecule has 0 atom stereocenters. The predicted octanol–water partition coefficient (Wildman–Crippen LogP) is 5.03. The van der Waals surface area contributed by atoms with E-state index >= 15 is 0 Å². The Hall–Kier alpha value is -2.25. The highest BCUT2D eigenvalue weighted by Gasteiger charge is 2.24. The maximum atomic E-state index is 14.1. The van der Waals surface area contributed by atoms with Crippen LogP contribution >= 0.6 is 22.9 Å². The summed E-state index contributed by atoms with van der Waals surface area (Å²) in [4.78, 5) is 25.6. The number of halogens is 2. The van der Waals surface area contributed by atoms with E-state index in [9.17, 15) is 9.18 Å². The van der Waals surface area contributed by atoms with Crippen LogP contribution < -0.4 is 10.2 Å². The Morgan fingerprint density at radius 3 is 2.78 bits per heavy atom. The van der Waals surface area contributed by atoms with Crippen molar-refractivity contribution >= 4 is 50.6 Å². The van der Waals surface area contributed by atoms with Crippen LogP contribution in [0.1, 0.15) is 34.5 Å². The summed E-state index contributed by atoms with van der Waals surface area (Å²) in [7, 11) is 0. The Balaban J connectivity index is 1.76. The molecule has 2 aromatic heterocycles. The third-order valence-corrected chi connectivity index (χ3v) is 5.95. The maximum absolute atomic E-state index is 14.1. The lowest BCUT2D eigenvalue weighted by Gasteiger charge is -2.28. The summed E-state index contributed by atoms with van der Waals surface area (Å²) in [6, 6.07) is 4.18. The number of aromatic nitrogens is 2. The molecular weight excluding hydrogens is 387 g/mol. The fourth-order valence-corrected chi connectivity index (χ4v) is 4.56. The van der Waals surface area contributed by atoms with E-state index < -0.39 is 5.82 Å². The normalized spacial score (nSPS) is 14.6. The minimum atomic E-state index is -0.569. The number of piperidine rings is 1. The highest BCUT2D eigenvalue weighted by atomic mass is 35.5. The number of thiophene rings is 1. The number of nitrogens with zero attached hydrogens (tertiary/aromatic N) is 3. The molecule has 8 heteroatoms. The van der Waals surface area contributed by atoms with E-state index in [1.165, 1.54) is 29.9 Å². The lowest BCUT2D eigenvalue weighted by molar-refractivity contribution is 0.102. The van der Waals surface area contributed by atoms with Gasteiger partial charge in [0, 0.05) is 23.0 Å². The number of amides is 1. The largest absolute Gasteiger partial charge is 0.356 e. The zero-order chi connectivity index (χ0) is 19.0.